The van der Waals surface area contributed by atoms with Gasteiger partial charge in [0.05, 0.1) is 5.69 Å². The van der Waals surface area contributed by atoms with Crippen molar-refractivity contribution in [1.29, 1.82) is 0 Å². The summed E-state index contributed by atoms with van der Waals surface area (Å²) in [4.78, 5) is 0. The summed E-state index contributed by atoms with van der Waals surface area (Å²) >= 11 is 0. The van der Waals surface area contributed by atoms with E-state index in [1.807, 2.05) is 18.2 Å². The predicted octanol–water partition coefficient (Wildman–Crippen LogP) is 2.36. The van der Waals surface area contributed by atoms with Crippen molar-refractivity contribution in [3.05, 3.63) is 47.5 Å². The molecule has 0 N–H and O–H groups in total. The van der Waals surface area contributed by atoms with Crippen LogP contribution in [0.2, 0.25) is 0 Å². The van der Waals surface area contributed by atoms with Crippen LogP contribution < -0.4 is 0 Å². The highest BCUT2D eigenvalue weighted by Crippen LogP contribution is 1.94. The van der Waals surface area contributed by atoms with E-state index in [-0.39, 0.29) is 0 Å². The molecule has 0 radical (unpaired) electrons. The van der Waals surface area contributed by atoms with Crippen LogP contribution in [0, 0.1) is 19.8 Å². The molecule has 0 aliphatic carbocycles. The van der Waals surface area contributed by atoms with E-state index in [2.05, 4.69) is 10.2 Å². The van der Waals surface area contributed by atoms with Gasteiger partial charge in [0.1, 0.15) is 0 Å². The Balaban J connectivity index is 3.31. The smallest absolute Gasteiger partial charge is 0.183 e. The first kappa shape index (κ1) is 9.58. The van der Waals surface area contributed by atoms with Crippen LogP contribution in [0.3, 0.4) is 0 Å². The van der Waals surface area contributed by atoms with Crippen molar-refractivity contribution in [3.8, 4) is 0 Å². The molecule has 0 spiro atoms. The van der Waals surface area contributed by atoms with Gasteiger partial charge in [0.15, 0.2) is 0 Å². The summed E-state index contributed by atoms with van der Waals surface area (Å²) in [5.41, 5.74) is 1.48. The van der Waals surface area contributed by atoms with Gasteiger partial charge in [-0.15, -0.1) is 5.10 Å². The van der Waals surface area contributed by atoms with Gasteiger partial charge in [0, 0.05) is 0 Å². The third-order valence-electron chi connectivity index (χ3n) is 1.46. The van der Waals surface area contributed by atoms with Gasteiger partial charge in [-0.2, -0.15) is 9.49 Å². The molecule has 13 heavy (non-hydrogen) atoms. The lowest BCUT2D eigenvalue weighted by atomic mass is 10.3. The lowest BCUT2D eigenvalue weighted by molar-refractivity contribution is 0.564. The molecular weight excluding hydrogens is 167 g/mol. The topological polar surface area (TPSA) is 25.8 Å². The van der Waals surface area contributed by atoms with Crippen LogP contribution in [0.4, 0.5) is 4.39 Å². The highest BCUT2D eigenvalue weighted by Gasteiger charge is 1.85. The molecule has 0 aliphatic rings. The zero-order chi connectivity index (χ0) is 9.68. The summed E-state index contributed by atoms with van der Waals surface area (Å²) in [6.07, 6.45) is 0. The Hall–Kier alpha value is -1.51. The summed E-state index contributed by atoms with van der Waals surface area (Å²) in [6.45, 7) is 3.57. The number of nitrogens with zero attached hydrogens (tertiary/aromatic N) is 2. The van der Waals surface area contributed by atoms with Crippen LogP contribution in [0.15, 0.2) is 30.3 Å². The van der Waals surface area contributed by atoms with Crippen LogP contribution in [-0.4, -0.2) is 10.2 Å². The molecule has 0 atom stereocenters. The molecular formula is C10H11FN2. The van der Waals surface area contributed by atoms with Crippen LogP contribution in [-0.2, 0) is 0 Å². The second kappa shape index (κ2) is 4.50. The second-order valence-electron chi connectivity index (χ2n) is 2.77. The maximum Gasteiger partial charge on any atom is 0.233 e. The molecule has 0 amide bonds. The van der Waals surface area contributed by atoms with Gasteiger partial charge in [-0.05, 0) is 31.5 Å². The lowest BCUT2D eigenvalue weighted by Gasteiger charge is -1.85. The molecule has 1 aromatic rings. The molecule has 3 heteroatoms. The molecule has 0 unspecified atom stereocenters. The van der Waals surface area contributed by atoms with Crippen molar-refractivity contribution in [1.82, 2.24) is 10.2 Å². The zero-order valence-corrected chi connectivity index (χ0v) is 7.66. The lowest BCUT2D eigenvalue weighted by Crippen LogP contribution is -1.84. The van der Waals surface area contributed by atoms with Gasteiger partial charge in [-0.3, -0.25) is 0 Å². The number of aromatic nitrogens is 2. The maximum absolute atomic E-state index is 12.9. The molecule has 0 saturated carbocycles. The molecule has 68 valence electrons. The van der Waals surface area contributed by atoms with Crippen LogP contribution in [0.5, 0.6) is 0 Å². The van der Waals surface area contributed by atoms with Crippen molar-refractivity contribution in [2.75, 3.05) is 0 Å². The summed E-state index contributed by atoms with van der Waals surface area (Å²) < 4.78 is 12.9. The molecule has 1 rings (SSSR count). The van der Waals surface area contributed by atoms with Gasteiger partial charge in [0.25, 0.3) is 0 Å². The van der Waals surface area contributed by atoms with Crippen molar-refractivity contribution in [3.63, 3.8) is 0 Å². The fourth-order valence-corrected chi connectivity index (χ4v) is 0.827. The first-order valence-electron chi connectivity index (χ1n) is 3.99. The second-order valence-corrected chi connectivity index (χ2v) is 2.77. The molecule has 1 aromatic heterocycles. The Kier molecular flexibility index (Phi) is 3.31. The van der Waals surface area contributed by atoms with Crippen molar-refractivity contribution >= 4 is 0 Å². The number of hydrogen-bond donors (Lipinski definition) is 0. The highest BCUT2D eigenvalue weighted by atomic mass is 19.1. The normalized spacial score (nSPS) is 9.15. The Labute approximate surface area is 76.8 Å². The zero-order valence-electron chi connectivity index (χ0n) is 7.66. The maximum atomic E-state index is 12.9. The predicted molar refractivity (Wildman–Crippen MR) is 49.1 cm³/mol. The van der Waals surface area contributed by atoms with E-state index in [9.17, 15) is 4.39 Å². The van der Waals surface area contributed by atoms with Crippen molar-refractivity contribution in [2.45, 2.75) is 13.8 Å². The molecule has 0 saturated heterocycles. The Morgan fingerprint density at radius 3 is 2.54 bits per heavy atom. The molecule has 0 fully saturated rings. The van der Waals surface area contributed by atoms with Crippen molar-refractivity contribution in [2.24, 2.45) is 0 Å². The molecule has 0 aromatic carbocycles. The van der Waals surface area contributed by atoms with Gasteiger partial charge in [-0.1, -0.05) is 18.2 Å². The summed E-state index contributed by atoms with van der Waals surface area (Å²) in [6, 6.07) is 8.60. The number of rotatable bonds is 0. The van der Waals surface area contributed by atoms with Crippen LogP contribution >= 0.6 is 0 Å². The van der Waals surface area contributed by atoms with E-state index in [1.54, 1.807) is 19.9 Å². The average molecular weight is 178 g/mol. The van der Waals surface area contributed by atoms with Gasteiger partial charge in [0.2, 0.25) is 5.95 Å². The number of halogens is 1. The van der Waals surface area contributed by atoms with Crippen molar-refractivity contribution < 1.29 is 4.39 Å². The van der Waals surface area contributed by atoms with Gasteiger partial charge in [-0.25, -0.2) is 0 Å². The SMILES string of the molecule is Cc1ccccc(C)nnc(F)c1. The fourth-order valence-electron chi connectivity index (χ4n) is 0.827. The fraction of sp³-hybridized carbons (Fsp3) is 0.200. The van der Waals surface area contributed by atoms with E-state index in [4.69, 9.17) is 0 Å². The quantitative estimate of drug-likeness (QED) is 0.609. The minimum atomic E-state index is -0.572. The molecule has 1 heterocycles. The Morgan fingerprint density at radius 2 is 1.77 bits per heavy atom. The first-order chi connectivity index (χ1) is 6.18. The minimum absolute atomic E-state index is 0.572. The van der Waals surface area contributed by atoms with E-state index in [0.29, 0.717) is 5.69 Å². The van der Waals surface area contributed by atoms with Gasteiger partial charge >= 0.3 is 0 Å². The molecule has 0 bridgehead atoms. The third-order valence-corrected chi connectivity index (χ3v) is 1.46. The number of aryl methyl sites for hydroxylation is 2. The molecule has 2 nitrogen and oxygen atoms in total. The third kappa shape index (κ3) is 3.60. The average Bonchev–Trinajstić information content (AvgIpc) is 2.08. The standard InChI is InChI=1S/C10H11FN2/c1-8-5-3-4-6-9(2)12-13-10(11)7-8/h3-7H,1-2H3. The highest BCUT2D eigenvalue weighted by molar-refractivity contribution is 5.08. The summed E-state index contributed by atoms with van der Waals surface area (Å²) in [7, 11) is 0. The van der Waals surface area contributed by atoms with Crippen LogP contribution in [0.1, 0.15) is 11.3 Å². The summed E-state index contributed by atoms with van der Waals surface area (Å²) in [5.74, 6) is -0.572. The number of hydrogen-bond acceptors (Lipinski definition) is 2. The van der Waals surface area contributed by atoms with E-state index < -0.39 is 5.95 Å². The minimum Gasteiger partial charge on any atom is -0.183 e. The molecule has 0 aliphatic heterocycles. The Morgan fingerprint density at radius 1 is 1.08 bits per heavy atom. The van der Waals surface area contributed by atoms with E-state index >= 15 is 0 Å². The van der Waals surface area contributed by atoms with E-state index in [0.717, 1.165) is 5.56 Å². The summed E-state index contributed by atoms with van der Waals surface area (Å²) in [5, 5.41) is 7.06. The van der Waals surface area contributed by atoms with E-state index in [1.165, 1.54) is 6.07 Å². The largest absolute Gasteiger partial charge is 0.233 e. The Bertz CT molecular complexity index is 349. The van der Waals surface area contributed by atoms with Gasteiger partial charge < -0.3 is 0 Å². The van der Waals surface area contributed by atoms with Crippen LogP contribution in [0.25, 0.3) is 0 Å². The monoisotopic (exact) mass is 178 g/mol. The first-order valence-corrected chi connectivity index (χ1v) is 3.99.